The Bertz CT molecular complexity index is 604. The molecule has 104 valence electrons. The van der Waals surface area contributed by atoms with Crippen LogP contribution in [0.5, 0.6) is 0 Å². The maximum absolute atomic E-state index is 12.0. The minimum absolute atomic E-state index is 0.323. The number of hydrogen-bond donors (Lipinski definition) is 2. The highest BCUT2D eigenvalue weighted by atomic mass is 32.2. The number of nitrogens with one attached hydrogen (secondary N) is 2. The highest BCUT2D eigenvalue weighted by molar-refractivity contribution is 7.91. The van der Waals surface area contributed by atoms with E-state index in [2.05, 4.69) is 15.1 Å². The summed E-state index contributed by atoms with van der Waals surface area (Å²) in [6, 6.07) is 3.50. The van der Waals surface area contributed by atoms with Crippen LogP contribution in [0, 0.1) is 0 Å². The number of nitrogens with zero attached hydrogens (tertiary/aromatic N) is 2. The summed E-state index contributed by atoms with van der Waals surface area (Å²) >= 11 is 1.23. The first-order valence-corrected chi connectivity index (χ1v) is 8.17. The molecule has 0 atom stereocenters. The first-order chi connectivity index (χ1) is 9.12. The van der Waals surface area contributed by atoms with E-state index >= 15 is 0 Å². The average molecular weight is 300 g/mol. The lowest BCUT2D eigenvalue weighted by molar-refractivity contribution is 0.562. The monoisotopic (exact) mass is 300 g/mol. The van der Waals surface area contributed by atoms with E-state index in [0.717, 1.165) is 5.56 Å². The van der Waals surface area contributed by atoms with E-state index in [-0.39, 0.29) is 0 Å². The van der Waals surface area contributed by atoms with Crippen LogP contribution >= 0.6 is 11.3 Å². The highest BCUT2D eigenvalue weighted by Crippen LogP contribution is 2.19. The highest BCUT2D eigenvalue weighted by Gasteiger charge is 2.15. The second-order valence-electron chi connectivity index (χ2n) is 3.97. The maximum atomic E-state index is 12.0. The first-order valence-electron chi connectivity index (χ1n) is 5.81. The Morgan fingerprint density at radius 2 is 2.32 bits per heavy atom. The molecular weight excluding hydrogens is 284 g/mol. The van der Waals surface area contributed by atoms with Crippen LogP contribution in [0.2, 0.25) is 0 Å². The molecule has 0 bridgehead atoms. The van der Waals surface area contributed by atoms with E-state index < -0.39 is 10.0 Å². The second kappa shape index (κ2) is 6.29. The van der Waals surface area contributed by atoms with Crippen LogP contribution in [0.4, 0.5) is 0 Å². The zero-order valence-electron chi connectivity index (χ0n) is 10.5. The smallest absolute Gasteiger partial charge is 0.250 e. The van der Waals surface area contributed by atoms with Crippen LogP contribution in [-0.4, -0.2) is 31.8 Å². The molecule has 0 spiro atoms. The average Bonchev–Trinajstić information content (AvgIpc) is 3.00. The van der Waals surface area contributed by atoms with Gasteiger partial charge in [-0.05, 0) is 30.1 Å². The molecular formula is C11H16N4O2S2. The molecule has 0 fully saturated rings. The Morgan fingerprint density at radius 3 is 3.00 bits per heavy atom. The third kappa shape index (κ3) is 3.87. The number of sulfonamides is 1. The van der Waals surface area contributed by atoms with E-state index in [1.165, 1.54) is 11.3 Å². The standard InChI is InChI=1S/C11H16N4O2S2/c1-12-8-10-7-11(18-9-10)19(16,17)14-4-6-15-5-2-3-13-15/h2-3,5,7,9,12,14H,4,6,8H2,1H3. The van der Waals surface area contributed by atoms with Gasteiger partial charge in [0.25, 0.3) is 0 Å². The van der Waals surface area contributed by atoms with Crippen molar-refractivity contribution in [3.8, 4) is 0 Å². The number of hydrogen-bond acceptors (Lipinski definition) is 5. The van der Waals surface area contributed by atoms with Crippen LogP contribution in [0.3, 0.4) is 0 Å². The Morgan fingerprint density at radius 1 is 1.47 bits per heavy atom. The van der Waals surface area contributed by atoms with Crippen LogP contribution in [0.25, 0.3) is 0 Å². The van der Waals surface area contributed by atoms with E-state index in [0.29, 0.717) is 23.8 Å². The van der Waals surface area contributed by atoms with Crippen molar-refractivity contribution >= 4 is 21.4 Å². The van der Waals surface area contributed by atoms with Gasteiger partial charge in [0.05, 0.1) is 6.54 Å². The van der Waals surface area contributed by atoms with Crippen LogP contribution < -0.4 is 10.0 Å². The van der Waals surface area contributed by atoms with Crippen molar-refractivity contribution in [3.05, 3.63) is 35.5 Å². The van der Waals surface area contributed by atoms with Crippen molar-refractivity contribution < 1.29 is 8.42 Å². The quantitative estimate of drug-likeness (QED) is 0.787. The zero-order chi connectivity index (χ0) is 13.7. The molecule has 0 radical (unpaired) electrons. The largest absolute Gasteiger partial charge is 0.316 e. The molecule has 0 aromatic carbocycles. The van der Waals surface area contributed by atoms with Gasteiger partial charge in [0.2, 0.25) is 10.0 Å². The van der Waals surface area contributed by atoms with Crippen molar-refractivity contribution in [1.82, 2.24) is 19.8 Å². The molecule has 0 aliphatic carbocycles. The molecule has 0 amide bonds. The fourth-order valence-electron chi connectivity index (χ4n) is 1.59. The Hall–Kier alpha value is -1.22. The summed E-state index contributed by atoms with van der Waals surface area (Å²) in [6.07, 6.45) is 3.46. The lowest BCUT2D eigenvalue weighted by Crippen LogP contribution is -2.27. The molecule has 0 aliphatic rings. The Kier molecular flexibility index (Phi) is 4.70. The fraction of sp³-hybridized carbons (Fsp3) is 0.364. The molecule has 0 unspecified atom stereocenters. The van der Waals surface area contributed by atoms with Gasteiger partial charge in [-0.3, -0.25) is 4.68 Å². The molecule has 2 N–H and O–H groups in total. The number of aromatic nitrogens is 2. The molecule has 2 aromatic heterocycles. The van der Waals surface area contributed by atoms with Gasteiger partial charge in [-0.1, -0.05) is 0 Å². The van der Waals surface area contributed by atoms with E-state index in [4.69, 9.17) is 0 Å². The van der Waals surface area contributed by atoms with Gasteiger partial charge < -0.3 is 5.32 Å². The maximum Gasteiger partial charge on any atom is 0.250 e. The van der Waals surface area contributed by atoms with Gasteiger partial charge in [0.15, 0.2) is 0 Å². The summed E-state index contributed by atoms with van der Waals surface area (Å²) in [4.78, 5) is 0. The first kappa shape index (κ1) is 14.2. The molecule has 0 saturated heterocycles. The number of thiophene rings is 1. The minimum Gasteiger partial charge on any atom is -0.316 e. The van der Waals surface area contributed by atoms with E-state index in [1.54, 1.807) is 29.2 Å². The van der Waals surface area contributed by atoms with Crippen molar-refractivity contribution in [3.63, 3.8) is 0 Å². The molecule has 0 saturated carbocycles. The van der Waals surface area contributed by atoms with E-state index in [9.17, 15) is 8.42 Å². The predicted octanol–water partition coefficient (Wildman–Crippen LogP) is 0.642. The van der Waals surface area contributed by atoms with Gasteiger partial charge in [-0.2, -0.15) is 5.10 Å². The van der Waals surface area contributed by atoms with Gasteiger partial charge in [0.1, 0.15) is 4.21 Å². The van der Waals surface area contributed by atoms with Crippen molar-refractivity contribution in [2.75, 3.05) is 13.6 Å². The Labute approximate surface area is 116 Å². The van der Waals surface area contributed by atoms with E-state index in [1.807, 2.05) is 12.4 Å². The van der Waals surface area contributed by atoms with Gasteiger partial charge in [-0.25, -0.2) is 13.1 Å². The van der Waals surface area contributed by atoms with Crippen LogP contribution in [0.15, 0.2) is 34.1 Å². The molecule has 2 aromatic rings. The summed E-state index contributed by atoms with van der Waals surface area (Å²) < 4.78 is 28.7. The summed E-state index contributed by atoms with van der Waals surface area (Å²) in [7, 11) is -1.58. The van der Waals surface area contributed by atoms with Gasteiger partial charge in [-0.15, -0.1) is 11.3 Å². The molecule has 8 heteroatoms. The molecule has 6 nitrogen and oxygen atoms in total. The summed E-state index contributed by atoms with van der Waals surface area (Å²) in [5.74, 6) is 0. The summed E-state index contributed by atoms with van der Waals surface area (Å²) in [5, 5.41) is 8.85. The van der Waals surface area contributed by atoms with Crippen molar-refractivity contribution in [2.45, 2.75) is 17.3 Å². The predicted molar refractivity (Wildman–Crippen MR) is 74.5 cm³/mol. The van der Waals surface area contributed by atoms with Gasteiger partial charge in [0, 0.05) is 25.5 Å². The lowest BCUT2D eigenvalue weighted by atomic mass is 10.3. The van der Waals surface area contributed by atoms with Crippen molar-refractivity contribution in [1.29, 1.82) is 0 Å². The molecule has 19 heavy (non-hydrogen) atoms. The van der Waals surface area contributed by atoms with Crippen LogP contribution in [-0.2, 0) is 23.1 Å². The Balaban J connectivity index is 1.93. The van der Waals surface area contributed by atoms with Gasteiger partial charge >= 0.3 is 0 Å². The fourth-order valence-corrected chi connectivity index (χ4v) is 3.86. The third-order valence-electron chi connectivity index (χ3n) is 2.47. The summed E-state index contributed by atoms with van der Waals surface area (Å²) in [6.45, 7) is 1.50. The summed E-state index contributed by atoms with van der Waals surface area (Å²) in [5.41, 5.74) is 0.972. The molecule has 2 rings (SSSR count). The molecule has 0 aliphatic heterocycles. The second-order valence-corrected chi connectivity index (χ2v) is 6.88. The normalized spacial score (nSPS) is 11.8. The molecule has 2 heterocycles. The zero-order valence-corrected chi connectivity index (χ0v) is 12.2. The van der Waals surface area contributed by atoms with Crippen LogP contribution in [0.1, 0.15) is 5.56 Å². The lowest BCUT2D eigenvalue weighted by Gasteiger charge is -2.04. The third-order valence-corrected chi connectivity index (χ3v) is 5.42. The van der Waals surface area contributed by atoms with Crippen molar-refractivity contribution in [2.24, 2.45) is 0 Å². The SMILES string of the molecule is CNCc1csc(S(=O)(=O)NCCn2cccn2)c1. The minimum atomic E-state index is -3.41. The topological polar surface area (TPSA) is 76.0 Å². The number of rotatable bonds is 7.